The number of nitrogens with two attached hydrogens (primary N) is 1. The summed E-state index contributed by atoms with van der Waals surface area (Å²) in [6, 6.07) is 8.20. The Labute approximate surface area is 147 Å². The van der Waals surface area contributed by atoms with Crippen LogP contribution in [0, 0.1) is 6.92 Å². The molecule has 0 aliphatic rings. The molecule has 0 atom stereocenters. The van der Waals surface area contributed by atoms with Crippen molar-refractivity contribution in [2.75, 3.05) is 0 Å². The van der Waals surface area contributed by atoms with Crippen LogP contribution in [0.1, 0.15) is 20.8 Å². The minimum atomic E-state index is -3.72. The number of amides is 1. The Hall–Kier alpha value is -2.63. The Balaban J connectivity index is 1.69. The zero-order valence-corrected chi connectivity index (χ0v) is 14.7. The van der Waals surface area contributed by atoms with Crippen molar-refractivity contribution in [3.8, 4) is 5.69 Å². The number of sulfonamides is 1. The third-order valence-corrected chi connectivity index (χ3v) is 5.92. The molecule has 1 amide bonds. The summed E-state index contributed by atoms with van der Waals surface area (Å²) < 4.78 is 24.1. The standard InChI is InChI=1S/C14H14N6O3S2/c1-9-6-10(2-4-12(9)20-8-17-18-19-20)14(21)16-7-11-3-5-13(24-11)25(15,22)23/h2-6,8H,7H2,1H3,(H,16,21)(H2,15,22,23). The zero-order chi connectivity index (χ0) is 18.0. The molecule has 130 valence electrons. The molecular weight excluding hydrogens is 364 g/mol. The summed E-state index contributed by atoms with van der Waals surface area (Å²) in [6.45, 7) is 2.07. The van der Waals surface area contributed by atoms with E-state index in [-0.39, 0.29) is 16.7 Å². The van der Waals surface area contributed by atoms with Crippen molar-refractivity contribution in [3.63, 3.8) is 0 Å². The average molecular weight is 378 g/mol. The Morgan fingerprint density at radius 2 is 2.12 bits per heavy atom. The van der Waals surface area contributed by atoms with Crippen LogP contribution in [0.2, 0.25) is 0 Å². The van der Waals surface area contributed by atoms with Crippen LogP contribution in [0.3, 0.4) is 0 Å². The number of hydrogen-bond donors (Lipinski definition) is 2. The van der Waals surface area contributed by atoms with Crippen LogP contribution in [-0.2, 0) is 16.6 Å². The van der Waals surface area contributed by atoms with E-state index in [9.17, 15) is 13.2 Å². The summed E-state index contributed by atoms with van der Waals surface area (Å²) in [6.07, 6.45) is 1.47. The summed E-state index contributed by atoms with van der Waals surface area (Å²) in [7, 11) is -3.72. The summed E-state index contributed by atoms with van der Waals surface area (Å²) in [5.74, 6) is -0.267. The highest BCUT2D eigenvalue weighted by Gasteiger charge is 2.13. The minimum absolute atomic E-state index is 0.0680. The number of nitrogens with one attached hydrogen (secondary N) is 1. The third-order valence-electron chi connectivity index (χ3n) is 3.40. The Bertz CT molecular complexity index is 1010. The summed E-state index contributed by atoms with van der Waals surface area (Å²) in [5.41, 5.74) is 2.10. The van der Waals surface area contributed by atoms with Crippen LogP contribution >= 0.6 is 11.3 Å². The van der Waals surface area contributed by atoms with E-state index in [1.54, 1.807) is 24.3 Å². The van der Waals surface area contributed by atoms with Gasteiger partial charge < -0.3 is 5.32 Å². The van der Waals surface area contributed by atoms with Gasteiger partial charge in [-0.3, -0.25) is 4.79 Å². The van der Waals surface area contributed by atoms with E-state index < -0.39 is 10.0 Å². The first-order valence-electron chi connectivity index (χ1n) is 7.08. The van der Waals surface area contributed by atoms with Gasteiger partial charge in [-0.1, -0.05) is 0 Å². The van der Waals surface area contributed by atoms with Gasteiger partial charge in [0.25, 0.3) is 5.91 Å². The number of carbonyl (C=O) groups is 1. The Morgan fingerprint density at radius 1 is 1.32 bits per heavy atom. The Morgan fingerprint density at radius 3 is 2.72 bits per heavy atom. The normalized spacial score (nSPS) is 11.4. The average Bonchev–Trinajstić information content (AvgIpc) is 3.23. The fourth-order valence-electron chi connectivity index (χ4n) is 2.20. The second-order valence-corrected chi connectivity index (χ2v) is 8.16. The highest BCUT2D eigenvalue weighted by Crippen LogP contribution is 2.20. The van der Waals surface area contributed by atoms with Crippen LogP contribution in [0.15, 0.2) is 40.9 Å². The number of thiophene rings is 1. The van der Waals surface area contributed by atoms with Gasteiger partial charge in [0.15, 0.2) is 0 Å². The predicted molar refractivity (Wildman–Crippen MR) is 90.8 cm³/mol. The number of tetrazole rings is 1. The van der Waals surface area contributed by atoms with Crippen molar-refractivity contribution in [3.05, 3.63) is 52.7 Å². The lowest BCUT2D eigenvalue weighted by molar-refractivity contribution is 0.0951. The largest absolute Gasteiger partial charge is 0.347 e. The van der Waals surface area contributed by atoms with E-state index in [1.807, 2.05) is 6.92 Å². The van der Waals surface area contributed by atoms with Gasteiger partial charge in [0.1, 0.15) is 10.5 Å². The first-order chi connectivity index (χ1) is 11.8. The van der Waals surface area contributed by atoms with Gasteiger partial charge in [-0.15, -0.1) is 16.4 Å². The number of aromatic nitrogens is 4. The number of aryl methyl sites for hydroxylation is 1. The van der Waals surface area contributed by atoms with E-state index in [0.717, 1.165) is 22.6 Å². The maximum absolute atomic E-state index is 12.3. The topological polar surface area (TPSA) is 133 Å². The number of hydrogen-bond acceptors (Lipinski definition) is 7. The van der Waals surface area contributed by atoms with Gasteiger partial charge in [0.2, 0.25) is 10.0 Å². The summed E-state index contributed by atoms with van der Waals surface area (Å²) in [5, 5.41) is 18.8. The van der Waals surface area contributed by atoms with Crippen LogP contribution in [0.25, 0.3) is 5.69 Å². The van der Waals surface area contributed by atoms with Crippen molar-refractivity contribution in [2.45, 2.75) is 17.7 Å². The molecule has 3 aromatic rings. The van der Waals surface area contributed by atoms with E-state index in [0.29, 0.717) is 10.4 Å². The lowest BCUT2D eigenvalue weighted by Gasteiger charge is -2.08. The first-order valence-corrected chi connectivity index (χ1v) is 9.44. The van der Waals surface area contributed by atoms with Gasteiger partial charge in [0, 0.05) is 10.4 Å². The molecule has 11 heteroatoms. The SMILES string of the molecule is Cc1cc(C(=O)NCc2ccc(S(N)(=O)=O)s2)ccc1-n1cnnn1. The van der Waals surface area contributed by atoms with Gasteiger partial charge in [-0.25, -0.2) is 18.2 Å². The number of carbonyl (C=O) groups excluding carboxylic acids is 1. The molecule has 0 fully saturated rings. The molecule has 0 aliphatic heterocycles. The number of benzene rings is 1. The molecular formula is C14H14N6O3S2. The molecule has 0 aliphatic carbocycles. The molecule has 0 radical (unpaired) electrons. The quantitative estimate of drug-likeness (QED) is 0.668. The summed E-state index contributed by atoms with van der Waals surface area (Å²) in [4.78, 5) is 13.0. The molecule has 0 spiro atoms. The van der Waals surface area contributed by atoms with Crippen molar-refractivity contribution in [1.82, 2.24) is 25.5 Å². The molecule has 9 nitrogen and oxygen atoms in total. The van der Waals surface area contributed by atoms with Crippen molar-refractivity contribution in [1.29, 1.82) is 0 Å². The maximum Gasteiger partial charge on any atom is 0.251 e. The zero-order valence-electron chi connectivity index (χ0n) is 13.1. The number of primary sulfonamides is 1. The molecule has 0 bridgehead atoms. The maximum atomic E-state index is 12.3. The molecule has 1 aromatic carbocycles. The second kappa shape index (κ2) is 6.70. The highest BCUT2D eigenvalue weighted by atomic mass is 32.2. The van der Waals surface area contributed by atoms with Crippen molar-refractivity contribution >= 4 is 27.3 Å². The van der Waals surface area contributed by atoms with Crippen LogP contribution in [0.4, 0.5) is 0 Å². The monoisotopic (exact) mass is 378 g/mol. The van der Waals surface area contributed by atoms with Gasteiger partial charge in [-0.05, 0) is 53.2 Å². The molecule has 0 saturated carbocycles. The van der Waals surface area contributed by atoms with Gasteiger partial charge in [0.05, 0.1) is 12.2 Å². The second-order valence-electron chi connectivity index (χ2n) is 5.20. The van der Waals surface area contributed by atoms with Gasteiger partial charge >= 0.3 is 0 Å². The molecule has 3 rings (SSSR count). The van der Waals surface area contributed by atoms with Crippen LogP contribution in [-0.4, -0.2) is 34.5 Å². The highest BCUT2D eigenvalue weighted by molar-refractivity contribution is 7.91. The van der Waals surface area contributed by atoms with Gasteiger partial charge in [-0.2, -0.15) is 0 Å². The lowest BCUT2D eigenvalue weighted by Crippen LogP contribution is -2.22. The fraction of sp³-hybridized carbons (Fsp3) is 0.143. The first kappa shape index (κ1) is 17.2. The third kappa shape index (κ3) is 3.90. The van der Waals surface area contributed by atoms with E-state index in [2.05, 4.69) is 20.8 Å². The van der Waals surface area contributed by atoms with Crippen LogP contribution < -0.4 is 10.5 Å². The summed E-state index contributed by atoms with van der Waals surface area (Å²) >= 11 is 1.03. The number of nitrogens with zero attached hydrogens (tertiary/aromatic N) is 4. The van der Waals surface area contributed by atoms with Crippen molar-refractivity contribution in [2.24, 2.45) is 5.14 Å². The molecule has 25 heavy (non-hydrogen) atoms. The molecule has 0 saturated heterocycles. The number of rotatable bonds is 5. The minimum Gasteiger partial charge on any atom is -0.347 e. The smallest absolute Gasteiger partial charge is 0.251 e. The predicted octanol–water partition coefficient (Wildman–Crippen LogP) is 0.610. The molecule has 3 N–H and O–H groups in total. The van der Waals surface area contributed by atoms with E-state index in [4.69, 9.17) is 5.14 Å². The van der Waals surface area contributed by atoms with Crippen molar-refractivity contribution < 1.29 is 13.2 Å². The fourth-order valence-corrected chi connectivity index (χ4v) is 3.92. The molecule has 2 aromatic heterocycles. The van der Waals surface area contributed by atoms with Crippen LogP contribution in [0.5, 0.6) is 0 Å². The molecule has 0 unspecified atom stereocenters. The molecule has 2 heterocycles. The lowest BCUT2D eigenvalue weighted by atomic mass is 10.1. The Kier molecular flexibility index (Phi) is 4.61. The van der Waals surface area contributed by atoms with E-state index >= 15 is 0 Å². The van der Waals surface area contributed by atoms with E-state index in [1.165, 1.54) is 17.1 Å².